The predicted octanol–water partition coefficient (Wildman–Crippen LogP) is 1.91. The highest BCUT2D eigenvalue weighted by molar-refractivity contribution is 6.31. The molecule has 14 heavy (non-hydrogen) atoms. The van der Waals surface area contributed by atoms with Gasteiger partial charge in [0, 0.05) is 26.8 Å². The molecular weight excluding hydrogens is 198 g/mol. The van der Waals surface area contributed by atoms with Gasteiger partial charge in [0.25, 0.3) is 0 Å². The molecule has 4 heteroatoms. The van der Waals surface area contributed by atoms with Crippen LogP contribution in [0.2, 0.25) is 5.02 Å². The van der Waals surface area contributed by atoms with Crippen molar-refractivity contribution in [2.45, 2.75) is 13.5 Å². The lowest BCUT2D eigenvalue weighted by atomic mass is 10.2. The third-order valence-corrected chi connectivity index (χ3v) is 2.28. The van der Waals surface area contributed by atoms with E-state index in [0.29, 0.717) is 0 Å². The minimum Gasteiger partial charge on any atom is -0.363 e. The molecule has 0 unspecified atom stereocenters. The topological polar surface area (TPSA) is 28.2 Å². The second kappa shape index (κ2) is 5.17. The SMILES string of the molecule is CCNCc1cc(N(C)C)ncc1Cl. The van der Waals surface area contributed by atoms with E-state index in [0.717, 1.165) is 29.5 Å². The molecule has 0 atom stereocenters. The lowest BCUT2D eigenvalue weighted by Crippen LogP contribution is -2.15. The number of nitrogens with one attached hydrogen (secondary N) is 1. The van der Waals surface area contributed by atoms with E-state index >= 15 is 0 Å². The van der Waals surface area contributed by atoms with Crippen LogP contribution in [-0.4, -0.2) is 25.6 Å². The number of pyridine rings is 1. The van der Waals surface area contributed by atoms with E-state index in [1.54, 1.807) is 6.20 Å². The third-order valence-electron chi connectivity index (χ3n) is 1.94. The van der Waals surface area contributed by atoms with Crippen molar-refractivity contribution in [3.05, 3.63) is 22.8 Å². The first-order valence-corrected chi connectivity index (χ1v) is 5.05. The molecule has 0 saturated carbocycles. The molecule has 1 aromatic heterocycles. The fourth-order valence-electron chi connectivity index (χ4n) is 1.11. The van der Waals surface area contributed by atoms with Crippen LogP contribution in [0.4, 0.5) is 5.82 Å². The molecule has 0 aromatic carbocycles. The normalized spacial score (nSPS) is 10.3. The van der Waals surface area contributed by atoms with Crippen LogP contribution >= 0.6 is 11.6 Å². The Morgan fingerprint density at radius 3 is 2.79 bits per heavy atom. The molecule has 1 rings (SSSR count). The average molecular weight is 214 g/mol. The molecule has 1 N–H and O–H groups in total. The van der Waals surface area contributed by atoms with Gasteiger partial charge in [-0.2, -0.15) is 0 Å². The van der Waals surface area contributed by atoms with Crippen LogP contribution < -0.4 is 10.2 Å². The summed E-state index contributed by atoms with van der Waals surface area (Å²) in [5.74, 6) is 0.933. The smallest absolute Gasteiger partial charge is 0.128 e. The van der Waals surface area contributed by atoms with Crippen molar-refractivity contribution in [1.29, 1.82) is 0 Å². The van der Waals surface area contributed by atoms with E-state index in [4.69, 9.17) is 11.6 Å². The van der Waals surface area contributed by atoms with E-state index < -0.39 is 0 Å². The van der Waals surface area contributed by atoms with Crippen LogP contribution in [0.1, 0.15) is 12.5 Å². The summed E-state index contributed by atoms with van der Waals surface area (Å²) in [4.78, 5) is 6.18. The van der Waals surface area contributed by atoms with E-state index in [1.165, 1.54) is 0 Å². The van der Waals surface area contributed by atoms with Gasteiger partial charge in [-0.05, 0) is 18.2 Å². The first-order valence-electron chi connectivity index (χ1n) is 4.67. The number of hydrogen-bond donors (Lipinski definition) is 1. The Labute approximate surface area is 90.1 Å². The lowest BCUT2D eigenvalue weighted by molar-refractivity contribution is 0.726. The van der Waals surface area contributed by atoms with Crippen LogP contribution in [0.25, 0.3) is 0 Å². The van der Waals surface area contributed by atoms with Gasteiger partial charge in [0.05, 0.1) is 5.02 Å². The highest BCUT2D eigenvalue weighted by atomic mass is 35.5. The van der Waals surface area contributed by atoms with E-state index in [-0.39, 0.29) is 0 Å². The maximum Gasteiger partial charge on any atom is 0.128 e. The lowest BCUT2D eigenvalue weighted by Gasteiger charge is -2.13. The molecule has 0 saturated heterocycles. The van der Waals surface area contributed by atoms with Gasteiger partial charge in [-0.3, -0.25) is 0 Å². The van der Waals surface area contributed by atoms with Crippen LogP contribution in [0.3, 0.4) is 0 Å². The van der Waals surface area contributed by atoms with E-state index in [9.17, 15) is 0 Å². The second-order valence-corrected chi connectivity index (χ2v) is 3.72. The van der Waals surface area contributed by atoms with Crippen molar-refractivity contribution in [2.75, 3.05) is 25.5 Å². The number of anilines is 1. The average Bonchev–Trinajstić information content (AvgIpc) is 2.16. The van der Waals surface area contributed by atoms with Crippen LogP contribution in [0.5, 0.6) is 0 Å². The van der Waals surface area contributed by atoms with Gasteiger partial charge < -0.3 is 10.2 Å². The molecule has 0 aliphatic rings. The Bertz CT molecular complexity index is 299. The summed E-state index contributed by atoms with van der Waals surface area (Å²) in [5.41, 5.74) is 1.09. The monoisotopic (exact) mass is 213 g/mol. The second-order valence-electron chi connectivity index (χ2n) is 3.31. The summed E-state index contributed by atoms with van der Waals surface area (Å²) in [7, 11) is 3.93. The summed E-state index contributed by atoms with van der Waals surface area (Å²) in [6.07, 6.45) is 1.70. The van der Waals surface area contributed by atoms with Gasteiger partial charge in [0.2, 0.25) is 0 Å². The zero-order valence-electron chi connectivity index (χ0n) is 8.84. The summed E-state index contributed by atoms with van der Waals surface area (Å²) in [6.45, 7) is 3.80. The largest absolute Gasteiger partial charge is 0.363 e. The summed E-state index contributed by atoms with van der Waals surface area (Å²) >= 11 is 6.02. The van der Waals surface area contributed by atoms with Crippen LogP contribution in [0, 0.1) is 0 Å². The van der Waals surface area contributed by atoms with Crippen molar-refractivity contribution in [3.63, 3.8) is 0 Å². The maximum atomic E-state index is 6.02. The van der Waals surface area contributed by atoms with Gasteiger partial charge in [0.1, 0.15) is 5.82 Å². The number of aromatic nitrogens is 1. The molecule has 0 bridgehead atoms. The number of nitrogens with zero attached hydrogens (tertiary/aromatic N) is 2. The number of hydrogen-bond acceptors (Lipinski definition) is 3. The molecule has 78 valence electrons. The zero-order valence-corrected chi connectivity index (χ0v) is 9.60. The van der Waals surface area contributed by atoms with E-state index in [1.807, 2.05) is 25.1 Å². The molecule has 0 radical (unpaired) electrons. The van der Waals surface area contributed by atoms with Crippen molar-refractivity contribution in [1.82, 2.24) is 10.3 Å². The maximum absolute atomic E-state index is 6.02. The first kappa shape index (κ1) is 11.3. The standard InChI is InChI=1S/C10H16ClN3/c1-4-12-6-8-5-10(14(2)3)13-7-9(8)11/h5,7,12H,4,6H2,1-3H3. The van der Waals surface area contributed by atoms with Gasteiger partial charge in [-0.25, -0.2) is 4.98 Å². The van der Waals surface area contributed by atoms with Crippen LogP contribution in [-0.2, 0) is 6.54 Å². The fraction of sp³-hybridized carbons (Fsp3) is 0.500. The molecular formula is C10H16ClN3. The first-order chi connectivity index (χ1) is 6.65. The van der Waals surface area contributed by atoms with Gasteiger partial charge in [0.15, 0.2) is 0 Å². The molecule has 0 fully saturated rings. The number of halogens is 1. The fourth-order valence-corrected chi connectivity index (χ4v) is 1.28. The van der Waals surface area contributed by atoms with Crippen molar-refractivity contribution in [2.24, 2.45) is 0 Å². The minimum atomic E-state index is 0.719. The molecule has 0 aliphatic heterocycles. The third kappa shape index (κ3) is 2.86. The summed E-state index contributed by atoms with van der Waals surface area (Å²) in [6, 6.07) is 2.00. The van der Waals surface area contributed by atoms with Crippen molar-refractivity contribution < 1.29 is 0 Å². The van der Waals surface area contributed by atoms with Gasteiger partial charge in [-0.15, -0.1) is 0 Å². The molecule has 1 heterocycles. The van der Waals surface area contributed by atoms with Gasteiger partial charge >= 0.3 is 0 Å². The molecule has 0 aliphatic carbocycles. The van der Waals surface area contributed by atoms with Crippen molar-refractivity contribution in [3.8, 4) is 0 Å². The summed E-state index contributed by atoms with van der Waals surface area (Å²) < 4.78 is 0. The minimum absolute atomic E-state index is 0.719. The van der Waals surface area contributed by atoms with Crippen LogP contribution in [0.15, 0.2) is 12.3 Å². The Hall–Kier alpha value is -0.800. The Morgan fingerprint density at radius 2 is 2.21 bits per heavy atom. The van der Waals surface area contributed by atoms with Gasteiger partial charge in [-0.1, -0.05) is 18.5 Å². The molecule has 0 spiro atoms. The highest BCUT2D eigenvalue weighted by Gasteiger charge is 2.03. The Balaban J connectivity index is 2.85. The summed E-state index contributed by atoms with van der Waals surface area (Å²) in [5, 5.41) is 3.96. The Morgan fingerprint density at radius 1 is 1.50 bits per heavy atom. The van der Waals surface area contributed by atoms with Crippen molar-refractivity contribution >= 4 is 17.4 Å². The number of rotatable bonds is 4. The highest BCUT2D eigenvalue weighted by Crippen LogP contribution is 2.18. The quantitative estimate of drug-likeness (QED) is 0.829. The zero-order chi connectivity index (χ0) is 10.6. The molecule has 3 nitrogen and oxygen atoms in total. The molecule has 0 amide bonds. The predicted molar refractivity (Wildman–Crippen MR) is 61.0 cm³/mol. The Kier molecular flexibility index (Phi) is 4.17. The molecule has 1 aromatic rings. The van der Waals surface area contributed by atoms with E-state index in [2.05, 4.69) is 17.2 Å².